The highest BCUT2D eigenvalue weighted by molar-refractivity contribution is 5.92. The minimum absolute atomic E-state index is 0.0475. The van der Waals surface area contributed by atoms with Crippen molar-refractivity contribution in [2.75, 3.05) is 5.32 Å². The highest BCUT2D eigenvalue weighted by atomic mass is 16.5. The van der Waals surface area contributed by atoms with Gasteiger partial charge < -0.3 is 19.8 Å². The molecule has 2 heterocycles. The maximum Gasteiger partial charge on any atom is 0.270 e. The number of nitrogens with one attached hydrogen (secondary N) is 2. The van der Waals surface area contributed by atoms with Gasteiger partial charge in [0.05, 0.1) is 24.6 Å². The van der Waals surface area contributed by atoms with Crippen molar-refractivity contribution < 1.29 is 13.9 Å². The number of aromatic nitrogens is 2. The first-order valence-corrected chi connectivity index (χ1v) is 8.27. The number of carbonyl (C=O) groups is 1. The van der Waals surface area contributed by atoms with Crippen molar-refractivity contribution in [2.24, 2.45) is 0 Å². The predicted octanol–water partition coefficient (Wildman–Crippen LogP) is 3.53. The first-order chi connectivity index (χ1) is 12.6. The molecule has 0 aliphatic rings. The van der Waals surface area contributed by atoms with Crippen LogP contribution >= 0.6 is 0 Å². The van der Waals surface area contributed by atoms with Crippen LogP contribution in [0.15, 0.2) is 59.5 Å². The Morgan fingerprint density at radius 2 is 2.04 bits per heavy atom. The third-order valence-electron chi connectivity index (χ3n) is 3.42. The summed E-state index contributed by atoms with van der Waals surface area (Å²) < 4.78 is 11.0. The van der Waals surface area contributed by atoms with Gasteiger partial charge in [-0.15, -0.1) is 0 Å². The molecule has 0 saturated carbocycles. The Kier molecular flexibility index (Phi) is 5.48. The Hall–Kier alpha value is -3.35. The van der Waals surface area contributed by atoms with Crippen molar-refractivity contribution in [3.63, 3.8) is 0 Å². The highest BCUT2D eigenvalue weighted by Gasteiger charge is 2.11. The Morgan fingerprint density at radius 3 is 2.81 bits per heavy atom. The normalized spacial score (nSPS) is 10.6. The van der Waals surface area contributed by atoms with Crippen molar-refractivity contribution >= 4 is 17.4 Å². The van der Waals surface area contributed by atoms with Gasteiger partial charge in [0.15, 0.2) is 0 Å². The van der Waals surface area contributed by atoms with Gasteiger partial charge in [-0.2, -0.15) is 0 Å². The molecule has 0 aliphatic carbocycles. The molecule has 0 bridgehead atoms. The molecule has 2 N–H and O–H groups in total. The second kappa shape index (κ2) is 8.15. The fraction of sp³-hybridized carbons (Fsp3) is 0.211. The molecule has 1 aromatic carbocycles. The van der Waals surface area contributed by atoms with Crippen LogP contribution in [0.5, 0.6) is 5.75 Å². The molecule has 0 unspecified atom stereocenters. The molecule has 7 nitrogen and oxygen atoms in total. The third-order valence-corrected chi connectivity index (χ3v) is 3.42. The number of hydrogen-bond acceptors (Lipinski definition) is 6. The zero-order valence-electron chi connectivity index (χ0n) is 14.6. The van der Waals surface area contributed by atoms with Gasteiger partial charge in [-0.1, -0.05) is 12.1 Å². The van der Waals surface area contributed by atoms with Gasteiger partial charge in [0.1, 0.15) is 29.3 Å². The van der Waals surface area contributed by atoms with Crippen LogP contribution in [0, 0.1) is 0 Å². The second-order valence-electron chi connectivity index (χ2n) is 5.84. The van der Waals surface area contributed by atoms with Crippen LogP contribution in [0.1, 0.15) is 30.1 Å². The number of furan rings is 1. The number of para-hydroxylation sites is 2. The Labute approximate surface area is 151 Å². The highest BCUT2D eigenvalue weighted by Crippen LogP contribution is 2.27. The molecule has 134 valence electrons. The molecule has 3 aromatic rings. The fourth-order valence-electron chi connectivity index (χ4n) is 2.29. The number of benzene rings is 1. The van der Waals surface area contributed by atoms with Crippen LogP contribution < -0.4 is 15.4 Å². The van der Waals surface area contributed by atoms with Gasteiger partial charge in [0.2, 0.25) is 0 Å². The van der Waals surface area contributed by atoms with Gasteiger partial charge in [0.25, 0.3) is 5.91 Å². The molecule has 7 heteroatoms. The van der Waals surface area contributed by atoms with Gasteiger partial charge in [0, 0.05) is 6.07 Å². The van der Waals surface area contributed by atoms with Gasteiger partial charge in [-0.05, 0) is 38.1 Å². The van der Waals surface area contributed by atoms with Crippen molar-refractivity contribution in [2.45, 2.75) is 26.5 Å². The third kappa shape index (κ3) is 4.60. The summed E-state index contributed by atoms with van der Waals surface area (Å²) in [5.74, 6) is 1.58. The summed E-state index contributed by atoms with van der Waals surface area (Å²) in [5.41, 5.74) is 1.03. The van der Waals surface area contributed by atoms with Crippen LogP contribution in [0.2, 0.25) is 0 Å². The topological polar surface area (TPSA) is 89.3 Å². The first-order valence-electron chi connectivity index (χ1n) is 8.27. The summed E-state index contributed by atoms with van der Waals surface area (Å²) in [6.45, 7) is 4.22. The van der Waals surface area contributed by atoms with Crippen molar-refractivity contribution in [3.8, 4) is 5.75 Å². The van der Waals surface area contributed by atoms with E-state index in [4.69, 9.17) is 9.15 Å². The van der Waals surface area contributed by atoms with E-state index >= 15 is 0 Å². The van der Waals surface area contributed by atoms with E-state index in [-0.39, 0.29) is 17.7 Å². The van der Waals surface area contributed by atoms with E-state index in [1.54, 1.807) is 24.5 Å². The number of amides is 1. The average molecular weight is 352 g/mol. The zero-order chi connectivity index (χ0) is 18.4. The standard InChI is InChI=1S/C19H20N4O3/c1-13(2)26-17-8-4-3-7-15(17)23-18-10-16(21-12-22-18)19(24)20-11-14-6-5-9-25-14/h3-10,12-13H,11H2,1-2H3,(H,20,24)(H,21,22,23). The molecule has 0 atom stereocenters. The molecule has 26 heavy (non-hydrogen) atoms. The lowest BCUT2D eigenvalue weighted by Gasteiger charge is -2.15. The zero-order valence-corrected chi connectivity index (χ0v) is 14.6. The summed E-state index contributed by atoms with van der Waals surface area (Å²) in [5, 5.41) is 5.92. The maximum absolute atomic E-state index is 12.3. The monoisotopic (exact) mass is 352 g/mol. The van der Waals surface area contributed by atoms with Crippen LogP contribution in [-0.4, -0.2) is 22.0 Å². The smallest absolute Gasteiger partial charge is 0.270 e. The Balaban J connectivity index is 1.70. The van der Waals surface area contributed by atoms with E-state index in [1.807, 2.05) is 38.1 Å². The van der Waals surface area contributed by atoms with Crippen LogP contribution in [-0.2, 0) is 6.54 Å². The van der Waals surface area contributed by atoms with E-state index in [2.05, 4.69) is 20.6 Å². The number of rotatable bonds is 7. The quantitative estimate of drug-likeness (QED) is 0.676. The Morgan fingerprint density at radius 1 is 1.19 bits per heavy atom. The number of nitrogens with zero attached hydrogens (tertiary/aromatic N) is 2. The van der Waals surface area contributed by atoms with Crippen LogP contribution in [0.25, 0.3) is 0 Å². The molecular formula is C19H20N4O3. The minimum Gasteiger partial charge on any atom is -0.489 e. The lowest BCUT2D eigenvalue weighted by Crippen LogP contribution is -2.23. The molecular weight excluding hydrogens is 332 g/mol. The number of ether oxygens (including phenoxy) is 1. The number of hydrogen-bond donors (Lipinski definition) is 2. The van der Waals surface area contributed by atoms with E-state index in [0.717, 1.165) is 5.69 Å². The fourth-order valence-corrected chi connectivity index (χ4v) is 2.29. The Bertz CT molecular complexity index is 863. The van der Waals surface area contributed by atoms with Crippen LogP contribution in [0.4, 0.5) is 11.5 Å². The molecule has 0 aliphatic heterocycles. The molecule has 0 saturated heterocycles. The summed E-state index contributed by atoms with van der Waals surface area (Å²) in [6.07, 6.45) is 2.95. The summed E-state index contributed by atoms with van der Waals surface area (Å²) in [4.78, 5) is 20.5. The number of carbonyl (C=O) groups excluding carboxylic acids is 1. The first kappa shape index (κ1) is 17.5. The van der Waals surface area contributed by atoms with Crippen molar-refractivity contribution in [3.05, 3.63) is 66.5 Å². The molecule has 0 spiro atoms. The molecule has 3 rings (SSSR count). The van der Waals surface area contributed by atoms with Crippen LogP contribution in [0.3, 0.4) is 0 Å². The lowest BCUT2D eigenvalue weighted by molar-refractivity contribution is 0.0943. The van der Waals surface area contributed by atoms with Crippen molar-refractivity contribution in [1.82, 2.24) is 15.3 Å². The van der Waals surface area contributed by atoms with E-state index in [1.165, 1.54) is 6.33 Å². The number of anilines is 2. The van der Waals surface area contributed by atoms with Crippen molar-refractivity contribution in [1.29, 1.82) is 0 Å². The van der Waals surface area contributed by atoms with Gasteiger partial charge in [-0.3, -0.25) is 4.79 Å². The van der Waals surface area contributed by atoms with E-state index in [0.29, 0.717) is 23.9 Å². The lowest BCUT2D eigenvalue weighted by atomic mass is 10.2. The molecule has 2 aromatic heterocycles. The molecule has 0 fully saturated rings. The van der Waals surface area contributed by atoms with E-state index in [9.17, 15) is 4.79 Å². The average Bonchev–Trinajstić information content (AvgIpc) is 3.15. The molecule has 1 amide bonds. The summed E-state index contributed by atoms with van der Waals surface area (Å²) in [6, 6.07) is 12.7. The molecule has 0 radical (unpaired) electrons. The summed E-state index contributed by atoms with van der Waals surface area (Å²) >= 11 is 0. The maximum atomic E-state index is 12.3. The van der Waals surface area contributed by atoms with Gasteiger partial charge >= 0.3 is 0 Å². The largest absolute Gasteiger partial charge is 0.489 e. The van der Waals surface area contributed by atoms with Gasteiger partial charge in [-0.25, -0.2) is 9.97 Å². The summed E-state index contributed by atoms with van der Waals surface area (Å²) in [7, 11) is 0. The SMILES string of the molecule is CC(C)Oc1ccccc1Nc1cc(C(=O)NCc2ccco2)ncn1. The predicted molar refractivity (Wildman–Crippen MR) is 97.4 cm³/mol. The second-order valence-corrected chi connectivity index (χ2v) is 5.84. The van der Waals surface area contributed by atoms with E-state index < -0.39 is 0 Å². The minimum atomic E-state index is -0.307.